The molecule has 18 heavy (non-hydrogen) atoms. The zero-order chi connectivity index (χ0) is 13.4. The molecule has 0 aromatic carbocycles. The van der Waals surface area contributed by atoms with Crippen LogP contribution in [0.1, 0.15) is 25.8 Å². The van der Waals surface area contributed by atoms with Gasteiger partial charge < -0.3 is 15.5 Å². The average Bonchev–Trinajstić information content (AvgIpc) is 2.35. The van der Waals surface area contributed by atoms with Gasteiger partial charge in [0, 0.05) is 18.7 Å². The van der Waals surface area contributed by atoms with Crippen LogP contribution in [-0.4, -0.2) is 48.6 Å². The van der Waals surface area contributed by atoms with Crippen LogP contribution in [0.3, 0.4) is 0 Å². The van der Waals surface area contributed by atoms with Crippen molar-refractivity contribution in [2.45, 2.75) is 26.7 Å². The minimum Gasteiger partial charge on any atom is -0.370 e. The first kappa shape index (κ1) is 14.7. The molecule has 0 radical (unpaired) electrons. The molecule has 0 bridgehead atoms. The van der Waals surface area contributed by atoms with Crippen LogP contribution in [-0.2, 0) is 6.42 Å². The van der Waals surface area contributed by atoms with E-state index in [4.69, 9.17) is 0 Å². The second kappa shape index (κ2) is 7.87. The highest BCUT2D eigenvalue weighted by Crippen LogP contribution is 2.19. The van der Waals surface area contributed by atoms with Crippen LogP contribution in [0.4, 0.5) is 11.6 Å². The van der Waals surface area contributed by atoms with Crippen molar-refractivity contribution in [2.24, 2.45) is 0 Å². The van der Waals surface area contributed by atoms with Gasteiger partial charge in [-0.15, -0.1) is 0 Å². The Balaban J connectivity index is 2.61. The predicted octanol–water partition coefficient (Wildman–Crippen LogP) is 1.83. The standard InChI is InChI=1S/C13H25N5/c1-5-11-12(14-6-2)16-10-17-13(11)15-8-7-9-18(3)4/h10H,5-9H2,1-4H3,(H2,14,15,16,17). The summed E-state index contributed by atoms with van der Waals surface area (Å²) in [5.74, 6) is 1.91. The Morgan fingerprint density at radius 1 is 1.11 bits per heavy atom. The number of aromatic nitrogens is 2. The molecule has 0 unspecified atom stereocenters. The molecular weight excluding hydrogens is 226 g/mol. The Kier molecular flexibility index (Phi) is 6.43. The smallest absolute Gasteiger partial charge is 0.134 e. The molecule has 1 heterocycles. The first-order valence-corrected chi connectivity index (χ1v) is 6.65. The normalized spacial score (nSPS) is 10.7. The first-order valence-electron chi connectivity index (χ1n) is 6.65. The lowest BCUT2D eigenvalue weighted by molar-refractivity contribution is 0.405. The van der Waals surface area contributed by atoms with E-state index in [1.165, 1.54) is 5.56 Å². The summed E-state index contributed by atoms with van der Waals surface area (Å²) in [4.78, 5) is 10.8. The highest BCUT2D eigenvalue weighted by atomic mass is 15.1. The third-order valence-corrected chi connectivity index (χ3v) is 2.72. The lowest BCUT2D eigenvalue weighted by Crippen LogP contribution is -2.17. The zero-order valence-electron chi connectivity index (χ0n) is 12.0. The molecule has 1 aromatic heterocycles. The summed E-state index contributed by atoms with van der Waals surface area (Å²) in [6.07, 6.45) is 3.65. The lowest BCUT2D eigenvalue weighted by Gasteiger charge is -2.14. The van der Waals surface area contributed by atoms with Gasteiger partial charge in [0.15, 0.2) is 0 Å². The number of nitrogens with zero attached hydrogens (tertiary/aromatic N) is 3. The maximum atomic E-state index is 4.33. The first-order chi connectivity index (χ1) is 8.69. The number of rotatable bonds is 8. The van der Waals surface area contributed by atoms with Crippen LogP contribution in [0.5, 0.6) is 0 Å². The average molecular weight is 251 g/mol. The predicted molar refractivity (Wildman–Crippen MR) is 77.2 cm³/mol. The summed E-state index contributed by atoms with van der Waals surface area (Å²) in [5.41, 5.74) is 1.17. The summed E-state index contributed by atoms with van der Waals surface area (Å²) in [5, 5.41) is 6.68. The maximum absolute atomic E-state index is 4.33. The van der Waals surface area contributed by atoms with Gasteiger partial charge in [-0.05, 0) is 40.4 Å². The van der Waals surface area contributed by atoms with Crippen LogP contribution in [0.2, 0.25) is 0 Å². The van der Waals surface area contributed by atoms with E-state index < -0.39 is 0 Å². The molecule has 0 aliphatic heterocycles. The Morgan fingerprint density at radius 3 is 2.33 bits per heavy atom. The van der Waals surface area contributed by atoms with Crippen molar-refractivity contribution in [3.05, 3.63) is 11.9 Å². The van der Waals surface area contributed by atoms with Crippen LogP contribution in [0.25, 0.3) is 0 Å². The fourth-order valence-electron chi connectivity index (χ4n) is 1.82. The summed E-state index contributed by atoms with van der Waals surface area (Å²) in [6.45, 7) is 7.10. The molecule has 0 saturated carbocycles. The quantitative estimate of drug-likeness (QED) is 0.690. The van der Waals surface area contributed by atoms with Crippen molar-refractivity contribution in [2.75, 3.05) is 44.4 Å². The molecule has 1 rings (SSSR count). The molecule has 1 aromatic rings. The van der Waals surface area contributed by atoms with Gasteiger partial charge in [-0.1, -0.05) is 6.92 Å². The number of nitrogens with one attached hydrogen (secondary N) is 2. The lowest BCUT2D eigenvalue weighted by atomic mass is 10.2. The second-order valence-electron chi connectivity index (χ2n) is 4.52. The Bertz CT molecular complexity index is 351. The summed E-state index contributed by atoms with van der Waals surface area (Å²) in [7, 11) is 4.18. The van der Waals surface area contributed by atoms with Crippen molar-refractivity contribution in [3.8, 4) is 0 Å². The zero-order valence-corrected chi connectivity index (χ0v) is 12.0. The molecule has 0 saturated heterocycles. The number of anilines is 2. The third kappa shape index (κ3) is 4.49. The SMILES string of the molecule is CCNc1ncnc(NCCCN(C)C)c1CC. The molecular formula is C13H25N5. The Labute approximate surface area is 110 Å². The molecule has 102 valence electrons. The molecule has 0 spiro atoms. The Hall–Kier alpha value is -1.36. The van der Waals surface area contributed by atoms with Gasteiger partial charge in [-0.2, -0.15) is 0 Å². The number of hydrogen-bond acceptors (Lipinski definition) is 5. The van der Waals surface area contributed by atoms with Crippen LogP contribution < -0.4 is 10.6 Å². The molecule has 0 amide bonds. The number of hydrogen-bond donors (Lipinski definition) is 2. The Morgan fingerprint density at radius 2 is 1.78 bits per heavy atom. The van der Waals surface area contributed by atoms with Gasteiger partial charge in [0.25, 0.3) is 0 Å². The fraction of sp³-hybridized carbons (Fsp3) is 0.692. The van der Waals surface area contributed by atoms with E-state index in [0.29, 0.717) is 0 Å². The monoisotopic (exact) mass is 251 g/mol. The largest absolute Gasteiger partial charge is 0.370 e. The van der Waals surface area contributed by atoms with Crippen molar-refractivity contribution in [1.82, 2.24) is 14.9 Å². The van der Waals surface area contributed by atoms with Gasteiger partial charge >= 0.3 is 0 Å². The molecule has 0 aliphatic rings. The maximum Gasteiger partial charge on any atom is 0.134 e. The van der Waals surface area contributed by atoms with Crippen LogP contribution in [0, 0.1) is 0 Å². The fourth-order valence-corrected chi connectivity index (χ4v) is 1.82. The van der Waals surface area contributed by atoms with Crippen molar-refractivity contribution >= 4 is 11.6 Å². The van der Waals surface area contributed by atoms with Gasteiger partial charge in [0.2, 0.25) is 0 Å². The molecule has 0 atom stereocenters. The molecule has 0 fully saturated rings. The van der Waals surface area contributed by atoms with E-state index in [2.05, 4.69) is 53.4 Å². The van der Waals surface area contributed by atoms with Gasteiger partial charge in [0.1, 0.15) is 18.0 Å². The highest BCUT2D eigenvalue weighted by Gasteiger charge is 2.08. The third-order valence-electron chi connectivity index (χ3n) is 2.72. The van der Waals surface area contributed by atoms with Crippen molar-refractivity contribution in [1.29, 1.82) is 0 Å². The van der Waals surface area contributed by atoms with Gasteiger partial charge in [-0.25, -0.2) is 9.97 Å². The van der Waals surface area contributed by atoms with E-state index in [0.717, 1.165) is 44.1 Å². The molecule has 0 aliphatic carbocycles. The minimum atomic E-state index is 0.879. The minimum absolute atomic E-state index is 0.879. The van der Waals surface area contributed by atoms with E-state index in [1.807, 2.05) is 0 Å². The summed E-state index contributed by atoms with van der Waals surface area (Å²) < 4.78 is 0. The molecule has 5 nitrogen and oxygen atoms in total. The van der Waals surface area contributed by atoms with Crippen molar-refractivity contribution in [3.63, 3.8) is 0 Å². The second-order valence-corrected chi connectivity index (χ2v) is 4.52. The van der Waals surface area contributed by atoms with E-state index >= 15 is 0 Å². The van der Waals surface area contributed by atoms with Crippen molar-refractivity contribution < 1.29 is 0 Å². The van der Waals surface area contributed by atoms with E-state index in [-0.39, 0.29) is 0 Å². The van der Waals surface area contributed by atoms with Crippen LogP contribution >= 0.6 is 0 Å². The highest BCUT2D eigenvalue weighted by molar-refractivity contribution is 5.57. The van der Waals surface area contributed by atoms with E-state index in [9.17, 15) is 0 Å². The summed E-state index contributed by atoms with van der Waals surface area (Å²) >= 11 is 0. The van der Waals surface area contributed by atoms with E-state index in [1.54, 1.807) is 6.33 Å². The molecule has 5 heteroatoms. The molecule has 2 N–H and O–H groups in total. The van der Waals surface area contributed by atoms with Gasteiger partial charge in [-0.3, -0.25) is 0 Å². The topological polar surface area (TPSA) is 53.1 Å². The summed E-state index contributed by atoms with van der Waals surface area (Å²) in [6, 6.07) is 0. The van der Waals surface area contributed by atoms with Gasteiger partial charge in [0.05, 0.1) is 0 Å². The van der Waals surface area contributed by atoms with Crippen LogP contribution in [0.15, 0.2) is 6.33 Å².